The largest absolute Gasteiger partial charge is 0.460 e. The van der Waals surface area contributed by atoms with Crippen LogP contribution >= 0.6 is 23.4 Å². The molecule has 1 unspecified atom stereocenters. The maximum atomic E-state index is 13.0. The van der Waals surface area contributed by atoms with Gasteiger partial charge in [0.15, 0.2) is 0 Å². The number of ether oxygens (including phenoxy) is 2. The summed E-state index contributed by atoms with van der Waals surface area (Å²) in [6.07, 6.45) is 0. The third-order valence-electron chi connectivity index (χ3n) is 4.65. The van der Waals surface area contributed by atoms with Gasteiger partial charge in [-0.2, -0.15) is 8.78 Å². The number of hydrogen-bond acceptors (Lipinski definition) is 4. The maximum Gasteiger partial charge on any atom is 0.375 e. The predicted molar refractivity (Wildman–Crippen MR) is 123 cm³/mol. The van der Waals surface area contributed by atoms with Crippen molar-refractivity contribution in [3.63, 3.8) is 0 Å². The van der Waals surface area contributed by atoms with Gasteiger partial charge in [0.25, 0.3) is 0 Å². The maximum absolute atomic E-state index is 13.0. The lowest BCUT2D eigenvalue weighted by Gasteiger charge is -2.20. The molecule has 3 rings (SSSR count). The highest BCUT2D eigenvalue weighted by atomic mass is 35.5. The molecule has 0 spiro atoms. The molecule has 168 valence electrons. The summed E-state index contributed by atoms with van der Waals surface area (Å²) >= 11 is 5.22. The average Bonchev–Trinajstić information content (AvgIpc) is 2.73. The van der Waals surface area contributed by atoms with Crippen LogP contribution in [0.4, 0.5) is 8.78 Å². The summed E-state index contributed by atoms with van der Waals surface area (Å²) in [5.41, 5.74) is 1.50. The summed E-state index contributed by atoms with van der Waals surface area (Å²) in [5, 5.41) is 0. The first-order valence-electron chi connectivity index (χ1n) is 10.1. The first kappa shape index (κ1) is 24.1. The Morgan fingerprint density at radius 3 is 2.25 bits per heavy atom. The molecule has 0 fully saturated rings. The topological polar surface area (TPSA) is 35.5 Å². The van der Waals surface area contributed by atoms with Gasteiger partial charge in [0.2, 0.25) is 0 Å². The number of benzene rings is 3. The van der Waals surface area contributed by atoms with E-state index < -0.39 is 10.6 Å². The number of esters is 1. The van der Waals surface area contributed by atoms with Crippen molar-refractivity contribution in [1.82, 2.24) is 0 Å². The molecule has 0 amide bonds. The standard InChI is InChI=1S/C25H23ClF2O3S/c1-17(2)23(19-11-13-22(14-12-19)32-25(26,27)28)24(29)30-16-18-7-6-10-21(15-18)31-20-8-4-3-5-9-20/h3-15,17,23H,16H2,1-2H3. The second-order valence-electron chi connectivity index (χ2n) is 7.51. The minimum atomic E-state index is -3.38. The molecule has 0 aliphatic heterocycles. The van der Waals surface area contributed by atoms with E-state index in [0.29, 0.717) is 16.2 Å². The van der Waals surface area contributed by atoms with Crippen molar-refractivity contribution in [3.8, 4) is 11.5 Å². The van der Waals surface area contributed by atoms with E-state index in [2.05, 4.69) is 0 Å². The molecule has 3 aromatic rings. The minimum absolute atomic E-state index is 0.0387. The van der Waals surface area contributed by atoms with Crippen LogP contribution in [0.2, 0.25) is 0 Å². The molecule has 0 radical (unpaired) electrons. The van der Waals surface area contributed by atoms with Gasteiger partial charge < -0.3 is 9.47 Å². The van der Waals surface area contributed by atoms with Gasteiger partial charge in [0.1, 0.15) is 18.1 Å². The van der Waals surface area contributed by atoms with Gasteiger partial charge in [-0.05, 0) is 76.8 Å². The summed E-state index contributed by atoms with van der Waals surface area (Å²) < 4.78 is 34.0. The molecule has 0 saturated carbocycles. The lowest BCUT2D eigenvalue weighted by atomic mass is 9.88. The number of hydrogen-bond donors (Lipinski definition) is 0. The molecule has 0 saturated heterocycles. The van der Waals surface area contributed by atoms with Crippen LogP contribution in [0.3, 0.4) is 0 Å². The highest BCUT2D eigenvalue weighted by Crippen LogP contribution is 2.39. The van der Waals surface area contributed by atoms with Crippen molar-refractivity contribution in [3.05, 3.63) is 90.0 Å². The van der Waals surface area contributed by atoms with Crippen LogP contribution < -0.4 is 4.74 Å². The van der Waals surface area contributed by atoms with Crippen LogP contribution in [-0.4, -0.2) is 10.7 Å². The number of carbonyl (C=O) groups excluding carboxylic acids is 1. The molecule has 0 aromatic heterocycles. The van der Waals surface area contributed by atoms with Gasteiger partial charge in [0, 0.05) is 4.90 Å². The highest BCUT2D eigenvalue weighted by molar-refractivity contribution is 8.01. The fourth-order valence-corrected chi connectivity index (χ4v) is 4.04. The molecule has 7 heteroatoms. The lowest BCUT2D eigenvalue weighted by molar-refractivity contribution is -0.148. The smallest absolute Gasteiger partial charge is 0.375 e. The molecule has 3 aromatic carbocycles. The van der Waals surface area contributed by atoms with E-state index in [1.165, 1.54) is 12.1 Å². The van der Waals surface area contributed by atoms with Gasteiger partial charge in [0.05, 0.1) is 5.92 Å². The van der Waals surface area contributed by atoms with Crippen LogP contribution in [0.5, 0.6) is 11.5 Å². The predicted octanol–water partition coefficient (Wildman–Crippen LogP) is 7.84. The molecule has 0 heterocycles. The van der Waals surface area contributed by atoms with Gasteiger partial charge >= 0.3 is 10.7 Å². The number of rotatable bonds is 9. The van der Waals surface area contributed by atoms with E-state index in [4.69, 9.17) is 21.1 Å². The summed E-state index contributed by atoms with van der Waals surface area (Å²) in [7, 11) is 0. The second-order valence-corrected chi connectivity index (χ2v) is 9.40. The van der Waals surface area contributed by atoms with Gasteiger partial charge in [-0.25, -0.2) is 0 Å². The summed E-state index contributed by atoms with van der Waals surface area (Å²) in [4.78, 5) is 13.2. The van der Waals surface area contributed by atoms with Gasteiger partial charge in [-0.1, -0.05) is 56.3 Å². The van der Waals surface area contributed by atoms with Crippen LogP contribution in [0.1, 0.15) is 30.9 Å². The van der Waals surface area contributed by atoms with E-state index >= 15 is 0 Å². The second kappa shape index (κ2) is 10.8. The zero-order valence-corrected chi connectivity index (χ0v) is 19.2. The van der Waals surface area contributed by atoms with E-state index in [-0.39, 0.29) is 30.3 Å². The quantitative estimate of drug-likeness (QED) is 0.179. The van der Waals surface area contributed by atoms with Crippen LogP contribution in [0.25, 0.3) is 0 Å². The molecule has 1 atom stereocenters. The Labute approximate surface area is 195 Å². The number of thioether (sulfide) groups is 1. The molecular weight excluding hydrogens is 454 g/mol. The van der Waals surface area contributed by atoms with Gasteiger partial charge in [-0.3, -0.25) is 4.79 Å². The fourth-order valence-electron chi connectivity index (χ4n) is 3.24. The Morgan fingerprint density at radius 2 is 1.62 bits per heavy atom. The van der Waals surface area contributed by atoms with Crippen molar-refractivity contribution >= 4 is 29.3 Å². The van der Waals surface area contributed by atoms with Crippen LogP contribution in [0, 0.1) is 5.92 Å². The number of para-hydroxylation sites is 1. The minimum Gasteiger partial charge on any atom is -0.460 e. The lowest BCUT2D eigenvalue weighted by Crippen LogP contribution is -2.20. The third kappa shape index (κ3) is 7.24. The molecule has 0 aliphatic carbocycles. The van der Waals surface area contributed by atoms with Crippen LogP contribution in [0.15, 0.2) is 83.8 Å². The van der Waals surface area contributed by atoms with Crippen molar-refractivity contribution in [2.24, 2.45) is 5.92 Å². The van der Waals surface area contributed by atoms with E-state index in [0.717, 1.165) is 11.3 Å². The molecule has 3 nitrogen and oxygen atoms in total. The molecule has 0 N–H and O–H groups in total. The summed E-state index contributed by atoms with van der Waals surface area (Å²) in [6, 6.07) is 23.1. The summed E-state index contributed by atoms with van der Waals surface area (Å²) in [6.45, 7) is 3.92. The van der Waals surface area contributed by atoms with E-state index in [9.17, 15) is 13.6 Å². The Morgan fingerprint density at radius 1 is 0.969 bits per heavy atom. The molecule has 0 bridgehead atoms. The normalized spacial score (nSPS) is 12.4. The number of alkyl halides is 3. The number of carbonyl (C=O) groups is 1. The Hall–Kier alpha value is -2.57. The summed E-state index contributed by atoms with van der Waals surface area (Å²) in [5.74, 6) is 0.430. The van der Waals surface area contributed by atoms with Crippen molar-refractivity contribution < 1.29 is 23.0 Å². The van der Waals surface area contributed by atoms with Crippen molar-refractivity contribution in [1.29, 1.82) is 0 Å². The molecule has 32 heavy (non-hydrogen) atoms. The molecular formula is C25H23ClF2O3S. The highest BCUT2D eigenvalue weighted by Gasteiger charge is 2.28. The Balaban J connectivity index is 1.65. The first-order chi connectivity index (χ1) is 15.2. The zero-order valence-electron chi connectivity index (χ0n) is 17.6. The van der Waals surface area contributed by atoms with E-state index in [1.54, 1.807) is 12.1 Å². The fraction of sp³-hybridized carbons (Fsp3) is 0.240. The van der Waals surface area contributed by atoms with E-state index in [1.807, 2.05) is 68.4 Å². The van der Waals surface area contributed by atoms with Crippen molar-refractivity contribution in [2.75, 3.05) is 0 Å². The third-order valence-corrected chi connectivity index (χ3v) is 5.62. The first-order valence-corrected chi connectivity index (χ1v) is 11.2. The Bertz CT molecular complexity index is 1020. The SMILES string of the molecule is CC(C)C(C(=O)OCc1cccc(Oc2ccccc2)c1)c1ccc(SC(F)(F)Cl)cc1. The van der Waals surface area contributed by atoms with Crippen LogP contribution in [-0.2, 0) is 16.1 Å². The van der Waals surface area contributed by atoms with Gasteiger partial charge in [-0.15, -0.1) is 0 Å². The zero-order chi connectivity index (χ0) is 23.1. The number of halogens is 3. The Kier molecular flexibility index (Phi) is 8.15. The molecule has 0 aliphatic rings. The average molecular weight is 477 g/mol. The van der Waals surface area contributed by atoms with Crippen molar-refractivity contribution in [2.45, 2.75) is 36.0 Å². The monoisotopic (exact) mass is 476 g/mol.